The zero-order valence-corrected chi connectivity index (χ0v) is 14.2. The van der Waals surface area contributed by atoms with Gasteiger partial charge in [0.15, 0.2) is 11.5 Å². The quantitative estimate of drug-likeness (QED) is 0.846. The van der Waals surface area contributed by atoms with Gasteiger partial charge in [0.2, 0.25) is 0 Å². The van der Waals surface area contributed by atoms with Crippen LogP contribution in [0.15, 0.2) is 40.9 Å². The zero-order valence-electron chi connectivity index (χ0n) is 14.2. The number of carbonyl (C=O) groups is 1. The van der Waals surface area contributed by atoms with E-state index in [2.05, 4.69) is 53.5 Å². The molecule has 1 fully saturated rings. The van der Waals surface area contributed by atoms with E-state index in [1.165, 1.54) is 5.56 Å². The highest BCUT2D eigenvalue weighted by molar-refractivity contribution is 5.90. The molecule has 0 radical (unpaired) electrons. The molecule has 2 aromatic rings. The first-order valence-corrected chi connectivity index (χ1v) is 8.22. The van der Waals surface area contributed by atoms with Crippen LogP contribution >= 0.6 is 0 Å². The maximum Gasteiger partial charge on any atom is 0.270 e. The highest BCUT2D eigenvalue weighted by Crippen LogP contribution is 2.30. The normalized spacial score (nSPS) is 20.3. The topological polar surface area (TPSA) is 84.4 Å². The minimum atomic E-state index is -0.568. The highest BCUT2D eigenvalue weighted by Gasteiger charge is 2.37. The van der Waals surface area contributed by atoms with E-state index in [9.17, 15) is 4.79 Å². The first-order chi connectivity index (χ1) is 11.4. The Hall–Kier alpha value is -2.18. The summed E-state index contributed by atoms with van der Waals surface area (Å²) >= 11 is 0. The van der Waals surface area contributed by atoms with Crippen molar-refractivity contribution in [2.75, 3.05) is 6.54 Å². The van der Waals surface area contributed by atoms with Gasteiger partial charge in [-0.2, -0.15) is 0 Å². The fourth-order valence-corrected chi connectivity index (χ4v) is 3.29. The van der Waals surface area contributed by atoms with Crippen LogP contribution in [0.3, 0.4) is 0 Å². The number of carbonyl (C=O) groups excluding carboxylic acids is 1. The summed E-state index contributed by atoms with van der Waals surface area (Å²) in [6.07, 6.45) is 1.05. The summed E-state index contributed by atoms with van der Waals surface area (Å²) in [6, 6.07) is 12.5. The lowest BCUT2D eigenvalue weighted by Crippen LogP contribution is -2.37. The highest BCUT2D eigenvalue weighted by atomic mass is 16.5. The van der Waals surface area contributed by atoms with Gasteiger partial charge in [0.1, 0.15) is 0 Å². The van der Waals surface area contributed by atoms with E-state index in [0.717, 1.165) is 19.5 Å². The number of nitrogens with zero attached hydrogens (tertiary/aromatic N) is 2. The van der Waals surface area contributed by atoms with Crippen LogP contribution < -0.4 is 11.1 Å². The molecule has 6 nitrogen and oxygen atoms in total. The van der Waals surface area contributed by atoms with Crippen molar-refractivity contribution in [1.29, 1.82) is 0 Å². The molecule has 1 unspecified atom stereocenters. The molecule has 3 N–H and O–H groups in total. The number of benzene rings is 1. The summed E-state index contributed by atoms with van der Waals surface area (Å²) in [5.74, 6) is 0.0594. The smallest absolute Gasteiger partial charge is 0.270 e. The summed E-state index contributed by atoms with van der Waals surface area (Å²) in [5, 5.41) is 7.15. The van der Waals surface area contributed by atoms with Crippen molar-refractivity contribution in [3.05, 3.63) is 53.4 Å². The number of primary amides is 1. The largest absolute Gasteiger partial charge is 0.364 e. The third-order valence-corrected chi connectivity index (χ3v) is 4.64. The van der Waals surface area contributed by atoms with E-state index in [1.54, 1.807) is 6.07 Å². The second kappa shape index (κ2) is 6.75. The molecule has 3 rings (SSSR count). The van der Waals surface area contributed by atoms with Crippen LogP contribution in [0.4, 0.5) is 0 Å². The zero-order chi connectivity index (χ0) is 17.2. The number of rotatable bonds is 6. The third kappa shape index (κ3) is 3.83. The summed E-state index contributed by atoms with van der Waals surface area (Å²) < 4.78 is 5.13. The van der Waals surface area contributed by atoms with Crippen LogP contribution in [0, 0.1) is 0 Å². The van der Waals surface area contributed by atoms with E-state index in [0.29, 0.717) is 18.3 Å². The molecule has 1 amide bonds. The van der Waals surface area contributed by atoms with Crippen LogP contribution in [0.25, 0.3) is 0 Å². The summed E-state index contributed by atoms with van der Waals surface area (Å²) in [6.45, 7) is 7.01. The molecule has 1 aromatic heterocycles. The predicted octanol–water partition coefficient (Wildman–Crippen LogP) is 1.92. The molecule has 128 valence electrons. The van der Waals surface area contributed by atoms with Crippen molar-refractivity contribution < 1.29 is 9.32 Å². The third-order valence-electron chi connectivity index (χ3n) is 4.64. The Morgan fingerprint density at radius 1 is 1.42 bits per heavy atom. The molecular formula is C18H24N4O2. The van der Waals surface area contributed by atoms with Gasteiger partial charge in [-0.05, 0) is 25.8 Å². The summed E-state index contributed by atoms with van der Waals surface area (Å²) in [4.78, 5) is 13.5. The molecule has 0 aliphatic carbocycles. The molecule has 1 atom stereocenters. The van der Waals surface area contributed by atoms with Crippen LogP contribution in [-0.4, -0.2) is 34.1 Å². The molecule has 1 saturated heterocycles. The number of nitrogens with two attached hydrogens (primary N) is 1. The lowest BCUT2D eigenvalue weighted by atomic mass is 10.00. The second-order valence-electron chi connectivity index (χ2n) is 7.00. The lowest BCUT2D eigenvalue weighted by Gasteiger charge is -2.31. The molecule has 1 aromatic carbocycles. The van der Waals surface area contributed by atoms with E-state index >= 15 is 0 Å². The molecule has 24 heavy (non-hydrogen) atoms. The maximum absolute atomic E-state index is 11.0. The van der Waals surface area contributed by atoms with Crippen LogP contribution in [-0.2, 0) is 13.1 Å². The van der Waals surface area contributed by atoms with Crippen molar-refractivity contribution in [2.45, 2.75) is 44.9 Å². The molecule has 1 aliphatic heterocycles. The monoisotopic (exact) mass is 328 g/mol. The van der Waals surface area contributed by atoms with Crippen LogP contribution in [0.2, 0.25) is 0 Å². The van der Waals surface area contributed by atoms with Crippen molar-refractivity contribution in [3.63, 3.8) is 0 Å². The fraction of sp³-hybridized carbons (Fsp3) is 0.444. The standard InChI is InChI=1S/C18H24N4O2/c1-18(2)9-14(12-22(18)11-13-6-4-3-5-7-13)20-10-15-8-16(17(19)23)21-24-15/h3-8,14,20H,9-12H2,1-2H3,(H2,19,23). The van der Waals surface area contributed by atoms with Crippen molar-refractivity contribution in [2.24, 2.45) is 5.73 Å². The number of likely N-dealkylation sites (tertiary alicyclic amines) is 1. The number of hydrogen-bond donors (Lipinski definition) is 2. The minimum absolute atomic E-state index is 0.132. The molecule has 0 spiro atoms. The van der Waals surface area contributed by atoms with Crippen molar-refractivity contribution in [3.8, 4) is 0 Å². The number of aromatic nitrogens is 1. The number of nitrogens with one attached hydrogen (secondary N) is 1. The van der Waals surface area contributed by atoms with E-state index < -0.39 is 5.91 Å². The Bertz CT molecular complexity index is 696. The van der Waals surface area contributed by atoms with E-state index in [1.807, 2.05) is 6.07 Å². The number of hydrogen-bond acceptors (Lipinski definition) is 5. The Kier molecular flexibility index (Phi) is 4.69. The van der Waals surface area contributed by atoms with Gasteiger partial charge in [0.05, 0.1) is 6.54 Å². The van der Waals surface area contributed by atoms with Gasteiger partial charge in [-0.1, -0.05) is 35.5 Å². The fourth-order valence-electron chi connectivity index (χ4n) is 3.29. The summed E-state index contributed by atoms with van der Waals surface area (Å²) in [7, 11) is 0. The van der Waals surface area contributed by atoms with Crippen LogP contribution in [0.5, 0.6) is 0 Å². The Balaban J connectivity index is 1.57. The molecule has 6 heteroatoms. The van der Waals surface area contributed by atoms with Gasteiger partial charge in [0, 0.05) is 30.7 Å². The van der Waals surface area contributed by atoms with Crippen molar-refractivity contribution >= 4 is 5.91 Å². The maximum atomic E-state index is 11.0. The Morgan fingerprint density at radius 3 is 2.83 bits per heavy atom. The second-order valence-corrected chi connectivity index (χ2v) is 7.00. The Labute approximate surface area is 142 Å². The Morgan fingerprint density at radius 2 is 2.17 bits per heavy atom. The lowest BCUT2D eigenvalue weighted by molar-refractivity contribution is 0.0991. The minimum Gasteiger partial charge on any atom is -0.364 e. The van der Waals surface area contributed by atoms with Gasteiger partial charge in [-0.15, -0.1) is 0 Å². The molecule has 1 aliphatic rings. The number of amides is 1. The molecular weight excluding hydrogens is 304 g/mol. The van der Waals surface area contributed by atoms with E-state index in [4.69, 9.17) is 10.3 Å². The van der Waals surface area contributed by atoms with Crippen molar-refractivity contribution in [1.82, 2.24) is 15.4 Å². The molecule has 2 heterocycles. The van der Waals surface area contributed by atoms with Gasteiger partial charge in [-0.25, -0.2) is 0 Å². The first-order valence-electron chi connectivity index (χ1n) is 8.22. The summed E-state index contributed by atoms with van der Waals surface area (Å²) in [5.41, 5.74) is 6.81. The average Bonchev–Trinajstić information content (AvgIpc) is 3.11. The SMILES string of the molecule is CC1(C)CC(NCc2cc(C(N)=O)no2)CN1Cc1ccccc1. The van der Waals surface area contributed by atoms with E-state index in [-0.39, 0.29) is 11.2 Å². The van der Waals surface area contributed by atoms with Gasteiger partial charge >= 0.3 is 0 Å². The van der Waals surface area contributed by atoms with Gasteiger partial charge in [-0.3, -0.25) is 9.69 Å². The van der Waals surface area contributed by atoms with Gasteiger partial charge < -0.3 is 15.6 Å². The average molecular weight is 328 g/mol. The molecule has 0 saturated carbocycles. The molecule has 0 bridgehead atoms. The first kappa shape index (κ1) is 16.7. The van der Waals surface area contributed by atoms with Gasteiger partial charge in [0.25, 0.3) is 5.91 Å². The predicted molar refractivity (Wildman–Crippen MR) is 91.2 cm³/mol. The van der Waals surface area contributed by atoms with Crippen LogP contribution in [0.1, 0.15) is 42.1 Å².